The molecule has 0 bridgehead atoms. The molecular formula is C14H19N5O. The van der Waals surface area contributed by atoms with Crippen LogP contribution in [0.25, 0.3) is 0 Å². The molecule has 2 aromatic rings. The Bertz CT molecular complexity index is 559. The average molecular weight is 273 g/mol. The van der Waals surface area contributed by atoms with E-state index in [2.05, 4.69) is 20.3 Å². The highest BCUT2D eigenvalue weighted by atomic mass is 16.5. The lowest BCUT2D eigenvalue weighted by molar-refractivity contribution is 0.306. The number of nitrogens with zero attached hydrogens (tertiary/aromatic N) is 3. The van der Waals surface area contributed by atoms with E-state index in [9.17, 15) is 0 Å². The Kier molecular flexibility index (Phi) is 4.70. The maximum absolute atomic E-state index is 6.02. The van der Waals surface area contributed by atoms with Crippen molar-refractivity contribution < 1.29 is 4.74 Å². The second-order valence-corrected chi connectivity index (χ2v) is 4.36. The number of aryl methyl sites for hydroxylation is 1. The van der Waals surface area contributed by atoms with Crippen molar-refractivity contribution in [3.8, 4) is 5.88 Å². The maximum atomic E-state index is 6.02. The molecule has 6 nitrogen and oxygen atoms in total. The molecule has 2 heterocycles. The van der Waals surface area contributed by atoms with Gasteiger partial charge in [-0.15, -0.1) is 0 Å². The summed E-state index contributed by atoms with van der Waals surface area (Å²) in [5, 5.41) is 3.17. The quantitative estimate of drug-likeness (QED) is 0.838. The number of ether oxygens (including phenoxy) is 1. The number of nitrogens with one attached hydrogen (secondary N) is 1. The first-order valence-corrected chi connectivity index (χ1v) is 6.61. The lowest BCUT2D eigenvalue weighted by Crippen LogP contribution is -2.10. The van der Waals surface area contributed by atoms with Gasteiger partial charge in [-0.05, 0) is 25.5 Å². The SMILES string of the molecule is CCCOc1nc(C)nc(NCc2ccccn2)c1N. The van der Waals surface area contributed by atoms with E-state index in [0.29, 0.717) is 36.4 Å². The van der Waals surface area contributed by atoms with E-state index < -0.39 is 0 Å². The Morgan fingerprint density at radius 1 is 1.30 bits per heavy atom. The third-order valence-electron chi connectivity index (χ3n) is 2.63. The molecule has 0 spiro atoms. The van der Waals surface area contributed by atoms with Gasteiger partial charge in [0.25, 0.3) is 0 Å². The van der Waals surface area contributed by atoms with Crippen LogP contribution in [0.15, 0.2) is 24.4 Å². The number of hydrogen-bond acceptors (Lipinski definition) is 6. The minimum Gasteiger partial charge on any atom is -0.476 e. The van der Waals surface area contributed by atoms with Gasteiger partial charge in [-0.2, -0.15) is 4.98 Å². The molecule has 0 aliphatic carbocycles. The summed E-state index contributed by atoms with van der Waals surface area (Å²) in [6.45, 7) is 4.98. The zero-order valence-electron chi connectivity index (χ0n) is 11.8. The van der Waals surface area contributed by atoms with Gasteiger partial charge in [0.15, 0.2) is 5.82 Å². The molecule has 106 valence electrons. The van der Waals surface area contributed by atoms with Gasteiger partial charge in [0.1, 0.15) is 11.5 Å². The number of nitrogens with two attached hydrogens (primary N) is 1. The molecule has 20 heavy (non-hydrogen) atoms. The minimum atomic E-state index is 0.431. The highest BCUT2D eigenvalue weighted by Crippen LogP contribution is 2.26. The molecule has 0 saturated carbocycles. The normalized spacial score (nSPS) is 10.3. The van der Waals surface area contributed by atoms with E-state index >= 15 is 0 Å². The minimum absolute atomic E-state index is 0.431. The molecule has 0 aromatic carbocycles. The summed E-state index contributed by atoms with van der Waals surface area (Å²) < 4.78 is 5.53. The Labute approximate surface area is 118 Å². The van der Waals surface area contributed by atoms with Crippen LogP contribution >= 0.6 is 0 Å². The molecule has 0 unspecified atom stereocenters. The Morgan fingerprint density at radius 2 is 2.15 bits per heavy atom. The van der Waals surface area contributed by atoms with Crippen molar-refractivity contribution >= 4 is 11.5 Å². The molecular weight excluding hydrogens is 254 g/mol. The number of pyridine rings is 1. The predicted octanol–water partition coefficient (Wildman–Crippen LogP) is 2.16. The molecule has 0 atom stereocenters. The maximum Gasteiger partial charge on any atom is 0.242 e. The lowest BCUT2D eigenvalue weighted by Gasteiger charge is -2.12. The number of anilines is 2. The molecule has 6 heteroatoms. The summed E-state index contributed by atoms with van der Waals surface area (Å²) in [7, 11) is 0. The zero-order valence-corrected chi connectivity index (χ0v) is 11.8. The van der Waals surface area contributed by atoms with E-state index in [1.165, 1.54) is 0 Å². The van der Waals surface area contributed by atoms with Crippen molar-refractivity contribution in [2.24, 2.45) is 0 Å². The van der Waals surface area contributed by atoms with Crippen molar-refractivity contribution in [3.63, 3.8) is 0 Å². The monoisotopic (exact) mass is 273 g/mol. The second-order valence-electron chi connectivity index (χ2n) is 4.36. The first-order chi connectivity index (χ1) is 9.70. The fourth-order valence-corrected chi connectivity index (χ4v) is 1.68. The smallest absolute Gasteiger partial charge is 0.242 e. The van der Waals surface area contributed by atoms with Crippen molar-refractivity contribution in [1.82, 2.24) is 15.0 Å². The zero-order chi connectivity index (χ0) is 14.4. The first kappa shape index (κ1) is 14.0. The van der Waals surface area contributed by atoms with E-state index in [1.54, 1.807) is 6.20 Å². The second kappa shape index (κ2) is 6.70. The van der Waals surface area contributed by atoms with Crippen molar-refractivity contribution in [3.05, 3.63) is 35.9 Å². The first-order valence-electron chi connectivity index (χ1n) is 6.61. The molecule has 2 rings (SSSR count). The topological polar surface area (TPSA) is 86.0 Å². The van der Waals surface area contributed by atoms with Crippen LogP contribution < -0.4 is 15.8 Å². The molecule has 0 aliphatic heterocycles. The summed E-state index contributed by atoms with van der Waals surface area (Å²) in [5.41, 5.74) is 7.37. The van der Waals surface area contributed by atoms with Gasteiger partial charge in [-0.1, -0.05) is 13.0 Å². The van der Waals surface area contributed by atoms with E-state index in [0.717, 1.165) is 12.1 Å². The molecule has 0 aliphatic rings. The third kappa shape index (κ3) is 3.57. The van der Waals surface area contributed by atoms with Gasteiger partial charge in [0.05, 0.1) is 18.8 Å². The van der Waals surface area contributed by atoms with Crippen LogP contribution in [0, 0.1) is 6.92 Å². The summed E-state index contributed by atoms with van der Waals surface area (Å²) in [4.78, 5) is 12.8. The molecule has 0 fully saturated rings. The molecule has 0 amide bonds. The van der Waals surface area contributed by atoms with E-state index in [4.69, 9.17) is 10.5 Å². The van der Waals surface area contributed by atoms with E-state index in [-0.39, 0.29) is 0 Å². The van der Waals surface area contributed by atoms with Crippen LogP contribution in [0.3, 0.4) is 0 Å². The van der Waals surface area contributed by atoms with Gasteiger partial charge in [-0.25, -0.2) is 4.98 Å². The van der Waals surface area contributed by atoms with Gasteiger partial charge in [0.2, 0.25) is 5.88 Å². The van der Waals surface area contributed by atoms with E-state index in [1.807, 2.05) is 32.0 Å². The highest BCUT2D eigenvalue weighted by Gasteiger charge is 2.11. The van der Waals surface area contributed by atoms with Crippen LogP contribution in [-0.2, 0) is 6.54 Å². The fourth-order valence-electron chi connectivity index (χ4n) is 1.68. The van der Waals surface area contributed by atoms with Gasteiger partial charge >= 0.3 is 0 Å². The Balaban J connectivity index is 2.12. The van der Waals surface area contributed by atoms with Crippen LogP contribution in [0.5, 0.6) is 5.88 Å². The number of hydrogen-bond donors (Lipinski definition) is 2. The lowest BCUT2D eigenvalue weighted by atomic mass is 10.3. The van der Waals surface area contributed by atoms with Crippen LogP contribution in [0.1, 0.15) is 24.9 Å². The van der Waals surface area contributed by atoms with Crippen molar-refractivity contribution in [1.29, 1.82) is 0 Å². The van der Waals surface area contributed by atoms with Gasteiger partial charge in [-0.3, -0.25) is 4.98 Å². The third-order valence-corrected chi connectivity index (χ3v) is 2.63. The predicted molar refractivity (Wildman–Crippen MR) is 78.5 cm³/mol. The molecule has 0 saturated heterocycles. The number of nitrogen functional groups attached to an aromatic ring is 1. The number of aromatic nitrogens is 3. The summed E-state index contributed by atoms with van der Waals surface area (Å²) in [6, 6.07) is 5.75. The summed E-state index contributed by atoms with van der Waals surface area (Å²) in [6.07, 6.45) is 2.65. The molecule has 3 N–H and O–H groups in total. The fraction of sp³-hybridized carbons (Fsp3) is 0.357. The average Bonchev–Trinajstić information content (AvgIpc) is 2.47. The van der Waals surface area contributed by atoms with Crippen molar-refractivity contribution in [2.75, 3.05) is 17.7 Å². The van der Waals surface area contributed by atoms with Crippen LogP contribution in [0.2, 0.25) is 0 Å². The van der Waals surface area contributed by atoms with Gasteiger partial charge in [0, 0.05) is 6.20 Å². The van der Waals surface area contributed by atoms with Gasteiger partial charge < -0.3 is 15.8 Å². The largest absolute Gasteiger partial charge is 0.476 e. The Morgan fingerprint density at radius 3 is 2.85 bits per heavy atom. The van der Waals surface area contributed by atoms with Crippen LogP contribution in [-0.4, -0.2) is 21.6 Å². The summed E-state index contributed by atoms with van der Waals surface area (Å²) >= 11 is 0. The number of rotatable bonds is 6. The van der Waals surface area contributed by atoms with Crippen molar-refractivity contribution in [2.45, 2.75) is 26.8 Å². The van der Waals surface area contributed by atoms with Crippen LogP contribution in [0.4, 0.5) is 11.5 Å². The Hall–Kier alpha value is -2.37. The molecule has 0 radical (unpaired) electrons. The standard InChI is InChI=1S/C14H19N5O/c1-3-8-20-14-12(15)13(18-10(2)19-14)17-9-11-6-4-5-7-16-11/h4-7H,3,8-9,15H2,1-2H3,(H,17,18,19). The molecule has 2 aromatic heterocycles. The highest BCUT2D eigenvalue weighted by molar-refractivity contribution is 5.66. The summed E-state index contributed by atoms with van der Waals surface area (Å²) in [5.74, 6) is 1.63.